The second-order valence-electron chi connectivity index (χ2n) is 3.70. The Morgan fingerprint density at radius 3 is 2.62 bits per heavy atom. The molecule has 3 aromatic rings. The minimum absolute atomic E-state index is 0.102. The van der Waals surface area contributed by atoms with Crippen LogP contribution in [0.15, 0.2) is 40.8 Å². The van der Waals surface area contributed by atoms with Crippen molar-refractivity contribution >= 4 is 21.9 Å². The zero-order valence-electron chi connectivity index (χ0n) is 8.47. The second kappa shape index (κ2) is 3.25. The molecule has 0 amide bonds. The van der Waals surface area contributed by atoms with E-state index in [0.717, 1.165) is 11.0 Å². The maximum Gasteiger partial charge on any atom is 0.139 e. The Morgan fingerprint density at radius 2 is 1.81 bits per heavy atom. The summed E-state index contributed by atoms with van der Waals surface area (Å²) in [7, 11) is 0. The molecule has 0 saturated carbocycles. The van der Waals surface area contributed by atoms with Gasteiger partial charge >= 0.3 is 0 Å². The van der Waals surface area contributed by atoms with Crippen LogP contribution in [-0.4, -0.2) is 10.2 Å². The number of hydrogen-bond donors (Lipinski definition) is 2. The Labute approximate surface area is 91.5 Å². The van der Waals surface area contributed by atoms with E-state index in [2.05, 4.69) is 0 Å². The first-order chi connectivity index (χ1) is 7.81. The van der Waals surface area contributed by atoms with Gasteiger partial charge in [0.25, 0.3) is 0 Å². The molecule has 0 fully saturated rings. The third-order valence-corrected chi connectivity index (χ3v) is 2.77. The molecule has 3 nitrogen and oxygen atoms in total. The number of para-hydroxylation sites is 1. The van der Waals surface area contributed by atoms with E-state index in [1.807, 2.05) is 24.3 Å². The monoisotopic (exact) mass is 214 g/mol. The van der Waals surface area contributed by atoms with Crippen molar-refractivity contribution in [1.82, 2.24) is 0 Å². The van der Waals surface area contributed by atoms with E-state index in [0.29, 0.717) is 16.5 Å². The highest BCUT2D eigenvalue weighted by Gasteiger charge is 2.12. The van der Waals surface area contributed by atoms with Gasteiger partial charge < -0.3 is 14.6 Å². The predicted molar refractivity (Wildman–Crippen MR) is 61.3 cm³/mol. The average Bonchev–Trinajstić information content (AvgIpc) is 2.68. The van der Waals surface area contributed by atoms with E-state index in [1.54, 1.807) is 12.1 Å². The third kappa shape index (κ3) is 1.12. The van der Waals surface area contributed by atoms with Crippen LogP contribution in [0, 0.1) is 0 Å². The van der Waals surface area contributed by atoms with Gasteiger partial charge in [-0.15, -0.1) is 0 Å². The van der Waals surface area contributed by atoms with Crippen molar-refractivity contribution in [3.63, 3.8) is 0 Å². The molecule has 3 rings (SSSR count). The summed E-state index contributed by atoms with van der Waals surface area (Å²) in [6.07, 6.45) is 0. The Morgan fingerprint density at radius 1 is 1.00 bits per heavy atom. The lowest BCUT2D eigenvalue weighted by Gasteiger charge is -2.01. The van der Waals surface area contributed by atoms with Crippen molar-refractivity contribution in [1.29, 1.82) is 0 Å². The van der Waals surface area contributed by atoms with E-state index in [-0.39, 0.29) is 12.4 Å². The smallest absolute Gasteiger partial charge is 0.139 e. The molecule has 1 aromatic heterocycles. The zero-order valence-corrected chi connectivity index (χ0v) is 8.47. The Hall–Kier alpha value is -2.00. The lowest BCUT2D eigenvalue weighted by Crippen LogP contribution is -1.83. The number of benzene rings is 2. The summed E-state index contributed by atoms with van der Waals surface area (Å²) in [6.45, 7) is -0.179. The molecule has 0 spiro atoms. The Bertz CT molecular complexity index is 667. The molecular weight excluding hydrogens is 204 g/mol. The molecule has 16 heavy (non-hydrogen) atoms. The summed E-state index contributed by atoms with van der Waals surface area (Å²) in [5, 5.41) is 20.6. The summed E-state index contributed by atoms with van der Waals surface area (Å²) in [5.74, 6) is 0.102. The lowest BCUT2D eigenvalue weighted by atomic mass is 10.1. The van der Waals surface area contributed by atoms with Crippen LogP contribution in [-0.2, 0) is 6.61 Å². The highest BCUT2D eigenvalue weighted by Crippen LogP contribution is 2.36. The summed E-state index contributed by atoms with van der Waals surface area (Å²) in [4.78, 5) is 0. The summed E-state index contributed by atoms with van der Waals surface area (Å²) >= 11 is 0. The highest BCUT2D eigenvalue weighted by molar-refractivity contribution is 6.08. The summed E-state index contributed by atoms with van der Waals surface area (Å²) in [6, 6.07) is 11.0. The molecule has 1 heterocycles. The molecule has 0 unspecified atom stereocenters. The molecule has 0 aliphatic rings. The average molecular weight is 214 g/mol. The molecule has 0 saturated heterocycles. The summed E-state index contributed by atoms with van der Waals surface area (Å²) < 4.78 is 5.59. The molecular formula is C13H10O3. The number of furan rings is 1. The van der Waals surface area contributed by atoms with Crippen molar-refractivity contribution in [2.24, 2.45) is 0 Å². The van der Waals surface area contributed by atoms with Gasteiger partial charge in [0.2, 0.25) is 0 Å². The first-order valence-electron chi connectivity index (χ1n) is 5.04. The first-order valence-corrected chi connectivity index (χ1v) is 5.04. The molecule has 0 aliphatic heterocycles. The number of aliphatic hydroxyl groups is 1. The van der Waals surface area contributed by atoms with Crippen LogP contribution in [0.5, 0.6) is 5.75 Å². The third-order valence-electron chi connectivity index (χ3n) is 2.77. The predicted octanol–water partition coefficient (Wildman–Crippen LogP) is 2.78. The van der Waals surface area contributed by atoms with Crippen molar-refractivity contribution in [2.45, 2.75) is 6.61 Å². The van der Waals surface area contributed by atoms with Crippen molar-refractivity contribution < 1.29 is 14.6 Å². The number of aromatic hydroxyl groups is 1. The van der Waals surface area contributed by atoms with E-state index < -0.39 is 0 Å². The second-order valence-corrected chi connectivity index (χ2v) is 3.70. The first kappa shape index (κ1) is 9.24. The molecule has 2 aromatic carbocycles. The maximum atomic E-state index is 10.0. The van der Waals surface area contributed by atoms with Gasteiger partial charge in [-0.3, -0.25) is 0 Å². The molecule has 0 bridgehead atoms. The fraction of sp³-hybridized carbons (Fsp3) is 0.0769. The van der Waals surface area contributed by atoms with E-state index in [9.17, 15) is 5.11 Å². The van der Waals surface area contributed by atoms with Gasteiger partial charge in [0.05, 0.1) is 12.0 Å². The van der Waals surface area contributed by atoms with Gasteiger partial charge in [-0.05, 0) is 18.2 Å². The number of phenols is 1. The SMILES string of the molecule is OCc1ccc2oc3ccccc3c2c1O. The Balaban J connectivity index is 2.53. The summed E-state index contributed by atoms with van der Waals surface area (Å²) in [5.41, 5.74) is 1.89. The maximum absolute atomic E-state index is 10.0. The molecule has 0 atom stereocenters. The molecule has 2 N–H and O–H groups in total. The van der Waals surface area contributed by atoms with Crippen LogP contribution in [0.2, 0.25) is 0 Å². The zero-order chi connectivity index (χ0) is 11.1. The van der Waals surface area contributed by atoms with Gasteiger partial charge in [0.15, 0.2) is 0 Å². The van der Waals surface area contributed by atoms with Crippen LogP contribution in [0.25, 0.3) is 21.9 Å². The standard InChI is InChI=1S/C13H10O3/c14-7-8-5-6-11-12(13(8)15)9-3-1-2-4-10(9)16-11/h1-6,14-15H,7H2. The fourth-order valence-electron chi connectivity index (χ4n) is 1.97. The largest absolute Gasteiger partial charge is 0.507 e. The van der Waals surface area contributed by atoms with Crippen LogP contribution in [0.4, 0.5) is 0 Å². The van der Waals surface area contributed by atoms with Crippen LogP contribution in [0.1, 0.15) is 5.56 Å². The van der Waals surface area contributed by atoms with Gasteiger partial charge in [-0.1, -0.05) is 18.2 Å². The van der Waals surface area contributed by atoms with Crippen molar-refractivity contribution in [3.8, 4) is 5.75 Å². The molecule has 80 valence electrons. The molecule has 3 heteroatoms. The van der Waals surface area contributed by atoms with Gasteiger partial charge in [-0.25, -0.2) is 0 Å². The normalized spacial score (nSPS) is 11.3. The Kier molecular flexibility index (Phi) is 1.88. The number of rotatable bonds is 1. The number of fused-ring (bicyclic) bond motifs is 3. The number of hydrogen-bond acceptors (Lipinski definition) is 3. The lowest BCUT2D eigenvalue weighted by molar-refractivity contribution is 0.276. The topological polar surface area (TPSA) is 53.6 Å². The van der Waals surface area contributed by atoms with Crippen LogP contribution >= 0.6 is 0 Å². The molecule has 0 radical (unpaired) electrons. The van der Waals surface area contributed by atoms with E-state index in [1.165, 1.54) is 0 Å². The minimum Gasteiger partial charge on any atom is -0.507 e. The van der Waals surface area contributed by atoms with Crippen LogP contribution < -0.4 is 0 Å². The van der Waals surface area contributed by atoms with Gasteiger partial charge in [0.1, 0.15) is 16.9 Å². The quantitative estimate of drug-likeness (QED) is 0.654. The molecule has 0 aliphatic carbocycles. The van der Waals surface area contributed by atoms with E-state index in [4.69, 9.17) is 9.52 Å². The minimum atomic E-state index is -0.179. The highest BCUT2D eigenvalue weighted by atomic mass is 16.3. The van der Waals surface area contributed by atoms with Crippen molar-refractivity contribution in [2.75, 3.05) is 0 Å². The van der Waals surface area contributed by atoms with Gasteiger partial charge in [0, 0.05) is 10.9 Å². The van der Waals surface area contributed by atoms with Crippen molar-refractivity contribution in [3.05, 3.63) is 42.0 Å². The fourth-order valence-corrected chi connectivity index (χ4v) is 1.97. The van der Waals surface area contributed by atoms with Crippen LogP contribution in [0.3, 0.4) is 0 Å². The number of aliphatic hydroxyl groups excluding tert-OH is 1. The van der Waals surface area contributed by atoms with Gasteiger partial charge in [-0.2, -0.15) is 0 Å². The van der Waals surface area contributed by atoms with E-state index >= 15 is 0 Å².